The lowest BCUT2D eigenvalue weighted by molar-refractivity contribution is -0.118. The Balaban J connectivity index is 1.62. The van der Waals surface area contributed by atoms with Gasteiger partial charge in [-0.05, 0) is 57.0 Å². The fourth-order valence-electron chi connectivity index (χ4n) is 3.07. The first kappa shape index (κ1) is 21.4. The predicted octanol–water partition coefficient (Wildman–Crippen LogP) is 3.02. The Morgan fingerprint density at radius 3 is 2.40 bits per heavy atom. The van der Waals surface area contributed by atoms with E-state index in [1.807, 2.05) is 31.2 Å². The van der Waals surface area contributed by atoms with Crippen molar-refractivity contribution in [3.63, 3.8) is 0 Å². The molecule has 2 aromatic rings. The van der Waals surface area contributed by atoms with Crippen molar-refractivity contribution in [2.24, 2.45) is 5.73 Å². The van der Waals surface area contributed by atoms with Crippen LogP contribution in [-0.2, 0) is 4.79 Å². The lowest BCUT2D eigenvalue weighted by Gasteiger charge is -2.20. The predicted molar refractivity (Wildman–Crippen MR) is 116 cm³/mol. The molecule has 3 amide bonds. The zero-order valence-corrected chi connectivity index (χ0v) is 17.1. The molecule has 0 bridgehead atoms. The van der Waals surface area contributed by atoms with Crippen molar-refractivity contribution in [1.82, 2.24) is 5.32 Å². The summed E-state index contributed by atoms with van der Waals surface area (Å²) in [5, 5.41) is 8.37. The van der Waals surface area contributed by atoms with Gasteiger partial charge in [-0.2, -0.15) is 0 Å². The second kappa shape index (κ2) is 10.5. The molecule has 0 saturated carbocycles. The summed E-state index contributed by atoms with van der Waals surface area (Å²) >= 11 is 0. The highest BCUT2D eigenvalue weighted by atomic mass is 16.6. The van der Waals surface area contributed by atoms with Gasteiger partial charge in [0.05, 0.1) is 0 Å². The molecule has 0 radical (unpaired) electrons. The molecule has 8 nitrogen and oxygen atoms in total. The number of carbonyl (C=O) groups is 2. The molecule has 0 saturated heterocycles. The van der Waals surface area contributed by atoms with Crippen molar-refractivity contribution in [2.45, 2.75) is 32.2 Å². The number of urea groups is 1. The average Bonchev–Trinajstić information content (AvgIpc) is 2.74. The van der Waals surface area contributed by atoms with E-state index in [0.29, 0.717) is 49.1 Å². The summed E-state index contributed by atoms with van der Waals surface area (Å²) < 4.78 is 11.0. The van der Waals surface area contributed by atoms with E-state index in [1.54, 1.807) is 18.2 Å². The average molecular weight is 412 g/mol. The molecular weight excluding hydrogens is 384 g/mol. The molecule has 0 aromatic heterocycles. The molecule has 0 aliphatic carbocycles. The van der Waals surface area contributed by atoms with E-state index in [0.717, 1.165) is 18.4 Å². The third-order valence-electron chi connectivity index (χ3n) is 4.69. The van der Waals surface area contributed by atoms with Crippen molar-refractivity contribution in [3.05, 3.63) is 48.0 Å². The molecule has 1 atom stereocenters. The zero-order valence-electron chi connectivity index (χ0n) is 17.1. The van der Waals surface area contributed by atoms with Crippen LogP contribution in [0.3, 0.4) is 0 Å². The summed E-state index contributed by atoms with van der Waals surface area (Å²) in [4.78, 5) is 25.3. The van der Waals surface area contributed by atoms with Crippen LogP contribution in [0.2, 0.25) is 0 Å². The van der Waals surface area contributed by atoms with Gasteiger partial charge < -0.3 is 31.2 Å². The highest BCUT2D eigenvalue weighted by Gasteiger charge is 2.21. The number of unbranched alkanes of at least 4 members (excludes halogenated alkanes) is 1. The number of benzene rings is 2. The normalized spacial score (nSPS) is 13.3. The highest BCUT2D eigenvalue weighted by molar-refractivity contribution is 5.99. The van der Waals surface area contributed by atoms with Crippen molar-refractivity contribution < 1.29 is 19.1 Å². The zero-order chi connectivity index (χ0) is 21.3. The third kappa shape index (κ3) is 6.12. The van der Waals surface area contributed by atoms with E-state index in [9.17, 15) is 9.59 Å². The van der Waals surface area contributed by atoms with E-state index in [4.69, 9.17) is 15.2 Å². The molecule has 1 aliphatic rings. The number of hydrogen-bond donors (Lipinski definition) is 4. The molecule has 160 valence electrons. The largest absolute Gasteiger partial charge is 0.486 e. The molecule has 2 aromatic carbocycles. The van der Waals surface area contributed by atoms with Crippen LogP contribution in [0.5, 0.6) is 11.5 Å². The van der Waals surface area contributed by atoms with Gasteiger partial charge in [0.1, 0.15) is 19.3 Å². The Labute approximate surface area is 176 Å². The Morgan fingerprint density at radius 1 is 0.967 bits per heavy atom. The number of amides is 3. The van der Waals surface area contributed by atoms with Gasteiger partial charge in [-0.25, -0.2) is 4.79 Å². The number of aryl methyl sites for hydroxylation is 1. The monoisotopic (exact) mass is 412 g/mol. The van der Waals surface area contributed by atoms with Crippen LogP contribution >= 0.6 is 0 Å². The number of nitrogens with two attached hydrogens (primary N) is 1. The number of carbonyl (C=O) groups excluding carboxylic acids is 2. The van der Waals surface area contributed by atoms with Crippen LogP contribution in [0.15, 0.2) is 42.5 Å². The first-order valence-corrected chi connectivity index (χ1v) is 10.1. The maximum Gasteiger partial charge on any atom is 0.319 e. The van der Waals surface area contributed by atoms with E-state index in [1.165, 1.54) is 0 Å². The molecule has 1 heterocycles. The second-order valence-corrected chi connectivity index (χ2v) is 7.15. The Bertz CT molecular complexity index is 870. The molecule has 0 spiro atoms. The molecule has 8 heteroatoms. The van der Waals surface area contributed by atoms with Crippen LogP contribution in [0, 0.1) is 6.92 Å². The molecule has 3 rings (SSSR count). The number of rotatable bonds is 8. The van der Waals surface area contributed by atoms with Gasteiger partial charge in [-0.3, -0.25) is 4.79 Å². The fourth-order valence-corrected chi connectivity index (χ4v) is 3.07. The van der Waals surface area contributed by atoms with Gasteiger partial charge in [-0.1, -0.05) is 17.7 Å². The summed E-state index contributed by atoms with van der Waals surface area (Å²) in [5.74, 6) is 0.952. The van der Waals surface area contributed by atoms with E-state index >= 15 is 0 Å². The number of hydrogen-bond acceptors (Lipinski definition) is 5. The molecule has 30 heavy (non-hydrogen) atoms. The maximum absolute atomic E-state index is 12.7. The quantitative estimate of drug-likeness (QED) is 0.498. The molecular formula is C22H28N4O4. The standard InChI is InChI=1S/C22H28N4O4/c1-15-5-7-16(8-6-15)24-21(27)18(4-2-3-11-23)26-22(28)25-17-9-10-19-20(14-17)30-13-12-29-19/h5-10,14,18H,2-4,11-13,23H2,1H3,(H,24,27)(H2,25,26,28)/t18-/m0/s1. The molecule has 0 fully saturated rings. The van der Waals surface area contributed by atoms with E-state index < -0.39 is 12.1 Å². The van der Waals surface area contributed by atoms with E-state index in [2.05, 4.69) is 16.0 Å². The van der Waals surface area contributed by atoms with Gasteiger partial charge in [0, 0.05) is 17.4 Å². The minimum Gasteiger partial charge on any atom is -0.486 e. The Kier molecular flexibility index (Phi) is 7.51. The molecule has 1 aliphatic heterocycles. The van der Waals surface area contributed by atoms with Crippen molar-refractivity contribution in [3.8, 4) is 11.5 Å². The number of nitrogens with one attached hydrogen (secondary N) is 3. The highest BCUT2D eigenvalue weighted by Crippen LogP contribution is 2.32. The number of fused-ring (bicyclic) bond motifs is 1. The third-order valence-corrected chi connectivity index (χ3v) is 4.69. The van der Waals surface area contributed by atoms with Crippen LogP contribution in [-0.4, -0.2) is 37.7 Å². The maximum atomic E-state index is 12.7. The first-order valence-electron chi connectivity index (χ1n) is 10.1. The summed E-state index contributed by atoms with van der Waals surface area (Å²) in [6.07, 6.45) is 2.00. The van der Waals surface area contributed by atoms with Gasteiger partial charge in [0.25, 0.3) is 0 Å². The molecule has 0 unspecified atom stereocenters. The summed E-state index contributed by atoms with van der Waals surface area (Å²) in [6.45, 7) is 3.48. The lowest BCUT2D eigenvalue weighted by Crippen LogP contribution is -2.45. The lowest BCUT2D eigenvalue weighted by atomic mass is 10.1. The number of anilines is 2. The van der Waals surface area contributed by atoms with Gasteiger partial charge in [-0.15, -0.1) is 0 Å². The minimum absolute atomic E-state index is 0.270. The van der Waals surface area contributed by atoms with E-state index in [-0.39, 0.29) is 5.91 Å². The topological polar surface area (TPSA) is 115 Å². The minimum atomic E-state index is -0.685. The Hall–Kier alpha value is -3.26. The first-order chi connectivity index (χ1) is 14.5. The summed E-state index contributed by atoms with van der Waals surface area (Å²) in [5.41, 5.74) is 7.90. The summed E-state index contributed by atoms with van der Waals surface area (Å²) in [7, 11) is 0. The van der Waals surface area contributed by atoms with Gasteiger partial charge in [0.2, 0.25) is 5.91 Å². The van der Waals surface area contributed by atoms with Gasteiger partial charge >= 0.3 is 6.03 Å². The SMILES string of the molecule is Cc1ccc(NC(=O)[C@H](CCCCN)NC(=O)Nc2ccc3c(c2)OCCO3)cc1. The smallest absolute Gasteiger partial charge is 0.319 e. The van der Waals surface area contributed by atoms with Crippen LogP contribution in [0.1, 0.15) is 24.8 Å². The van der Waals surface area contributed by atoms with Crippen LogP contribution < -0.4 is 31.2 Å². The van der Waals surface area contributed by atoms with Gasteiger partial charge in [0.15, 0.2) is 11.5 Å². The van der Waals surface area contributed by atoms with Crippen LogP contribution in [0.25, 0.3) is 0 Å². The fraction of sp³-hybridized carbons (Fsp3) is 0.364. The molecule has 5 N–H and O–H groups in total. The summed E-state index contributed by atoms with van der Waals surface area (Å²) in [6, 6.07) is 11.5. The Morgan fingerprint density at radius 2 is 1.67 bits per heavy atom. The van der Waals surface area contributed by atoms with Crippen molar-refractivity contribution in [2.75, 3.05) is 30.4 Å². The number of ether oxygens (including phenoxy) is 2. The second-order valence-electron chi connectivity index (χ2n) is 7.15. The van der Waals surface area contributed by atoms with Crippen molar-refractivity contribution in [1.29, 1.82) is 0 Å². The van der Waals surface area contributed by atoms with Crippen LogP contribution in [0.4, 0.5) is 16.2 Å². The van der Waals surface area contributed by atoms with Crippen molar-refractivity contribution >= 4 is 23.3 Å².